The van der Waals surface area contributed by atoms with Crippen molar-refractivity contribution in [3.63, 3.8) is 0 Å². The van der Waals surface area contributed by atoms with Gasteiger partial charge in [-0.1, -0.05) is 23.7 Å². The Kier molecular flexibility index (Phi) is 4.30. The van der Waals surface area contributed by atoms with Crippen LogP contribution in [0.4, 0.5) is 0 Å². The van der Waals surface area contributed by atoms with Crippen LogP contribution < -0.4 is 5.73 Å². The van der Waals surface area contributed by atoms with E-state index in [9.17, 15) is 8.42 Å². The second kappa shape index (κ2) is 5.59. The summed E-state index contributed by atoms with van der Waals surface area (Å²) in [4.78, 5) is 0. The Hall–Kier alpha value is -0.580. The molecule has 1 atom stereocenters. The Bertz CT molecular complexity index is 501. The van der Waals surface area contributed by atoms with E-state index in [1.165, 1.54) is 0 Å². The molecular weight excluding hydrogens is 270 g/mol. The molecule has 1 aromatic rings. The van der Waals surface area contributed by atoms with E-state index in [0.29, 0.717) is 30.3 Å². The van der Waals surface area contributed by atoms with Gasteiger partial charge in [0.25, 0.3) is 0 Å². The van der Waals surface area contributed by atoms with Gasteiger partial charge in [-0.25, -0.2) is 8.42 Å². The van der Waals surface area contributed by atoms with E-state index in [4.69, 9.17) is 17.3 Å². The highest BCUT2D eigenvalue weighted by Crippen LogP contribution is 2.33. The first-order valence-electron chi connectivity index (χ1n) is 6.18. The summed E-state index contributed by atoms with van der Waals surface area (Å²) in [5.74, 6) is 1.12. The zero-order chi connectivity index (χ0) is 13.2. The lowest BCUT2D eigenvalue weighted by atomic mass is 9.82. The maximum atomic E-state index is 11.4. The van der Waals surface area contributed by atoms with E-state index < -0.39 is 9.84 Å². The molecule has 5 heteroatoms. The van der Waals surface area contributed by atoms with Gasteiger partial charge >= 0.3 is 0 Å². The molecule has 0 radical (unpaired) electrons. The van der Waals surface area contributed by atoms with E-state index in [-0.39, 0.29) is 17.4 Å². The van der Waals surface area contributed by atoms with Gasteiger partial charge < -0.3 is 5.73 Å². The Morgan fingerprint density at radius 1 is 1.33 bits per heavy atom. The summed E-state index contributed by atoms with van der Waals surface area (Å²) in [6.07, 6.45) is 1.41. The Balaban J connectivity index is 2.15. The summed E-state index contributed by atoms with van der Waals surface area (Å²) in [6.45, 7) is 0.533. The molecule has 1 aromatic carbocycles. The van der Waals surface area contributed by atoms with Crippen molar-refractivity contribution in [1.29, 1.82) is 0 Å². The lowest BCUT2D eigenvalue weighted by molar-refractivity contribution is 0.389. The van der Waals surface area contributed by atoms with Gasteiger partial charge in [0.2, 0.25) is 0 Å². The van der Waals surface area contributed by atoms with Crippen molar-refractivity contribution in [1.82, 2.24) is 0 Å². The van der Waals surface area contributed by atoms with E-state index >= 15 is 0 Å². The predicted molar refractivity (Wildman–Crippen MR) is 74.6 cm³/mol. The van der Waals surface area contributed by atoms with Crippen LogP contribution in [0, 0.1) is 5.92 Å². The van der Waals surface area contributed by atoms with Crippen LogP contribution in [0.15, 0.2) is 24.3 Å². The van der Waals surface area contributed by atoms with Crippen LogP contribution in [0.3, 0.4) is 0 Å². The molecule has 0 aromatic heterocycles. The van der Waals surface area contributed by atoms with E-state index in [2.05, 4.69) is 0 Å². The van der Waals surface area contributed by atoms with Gasteiger partial charge in [-0.05, 0) is 48.9 Å². The van der Waals surface area contributed by atoms with Gasteiger partial charge in [-0.2, -0.15) is 0 Å². The minimum Gasteiger partial charge on any atom is -0.330 e. The number of nitrogens with two attached hydrogens (primary N) is 1. The summed E-state index contributed by atoms with van der Waals surface area (Å²) in [7, 11) is -2.81. The van der Waals surface area contributed by atoms with E-state index in [1.54, 1.807) is 0 Å². The number of hydrogen-bond donors (Lipinski definition) is 1. The molecule has 1 aliphatic rings. The molecule has 0 saturated carbocycles. The average molecular weight is 288 g/mol. The topological polar surface area (TPSA) is 60.2 Å². The second-order valence-electron chi connectivity index (χ2n) is 4.89. The highest BCUT2D eigenvalue weighted by Gasteiger charge is 2.29. The summed E-state index contributed by atoms with van der Waals surface area (Å²) in [5, 5.41) is 0.703. The molecule has 0 amide bonds. The molecule has 2 rings (SSSR count). The van der Waals surface area contributed by atoms with E-state index in [0.717, 1.165) is 5.56 Å². The van der Waals surface area contributed by atoms with Crippen molar-refractivity contribution < 1.29 is 8.42 Å². The quantitative estimate of drug-likeness (QED) is 0.927. The monoisotopic (exact) mass is 287 g/mol. The van der Waals surface area contributed by atoms with Gasteiger partial charge in [0.05, 0.1) is 11.5 Å². The van der Waals surface area contributed by atoms with Crippen LogP contribution >= 0.6 is 11.6 Å². The summed E-state index contributed by atoms with van der Waals surface area (Å²) in [5.41, 5.74) is 6.98. The zero-order valence-corrected chi connectivity index (χ0v) is 11.8. The van der Waals surface area contributed by atoms with Crippen LogP contribution in [0.2, 0.25) is 5.02 Å². The van der Waals surface area contributed by atoms with Crippen LogP contribution in [-0.4, -0.2) is 26.5 Å². The first-order valence-corrected chi connectivity index (χ1v) is 8.38. The third-order valence-corrected chi connectivity index (χ3v) is 5.65. The van der Waals surface area contributed by atoms with Crippen LogP contribution in [0.25, 0.3) is 0 Å². The van der Waals surface area contributed by atoms with Crippen molar-refractivity contribution in [2.75, 3.05) is 18.1 Å². The third-order valence-electron chi connectivity index (χ3n) is 3.70. The fourth-order valence-electron chi connectivity index (χ4n) is 2.65. The molecule has 0 aliphatic carbocycles. The highest BCUT2D eigenvalue weighted by atomic mass is 35.5. The van der Waals surface area contributed by atoms with Crippen LogP contribution in [0.5, 0.6) is 0 Å². The lowest BCUT2D eigenvalue weighted by Gasteiger charge is -2.29. The maximum Gasteiger partial charge on any atom is 0.150 e. The first-order chi connectivity index (χ1) is 8.52. The van der Waals surface area contributed by atoms with Gasteiger partial charge in [0.15, 0.2) is 0 Å². The molecule has 1 fully saturated rings. The molecule has 0 bridgehead atoms. The standard InChI is InChI=1S/C13H18ClNO2S/c14-12-3-1-2-11(8-12)13(9-15)10-4-6-18(16,17)7-5-10/h1-3,8,10,13H,4-7,9,15H2. The summed E-state index contributed by atoms with van der Waals surface area (Å²) >= 11 is 5.99. The molecule has 1 heterocycles. The molecule has 2 N–H and O–H groups in total. The predicted octanol–water partition coefficient (Wildman–Crippen LogP) is 2.21. The van der Waals surface area contributed by atoms with Crippen molar-refractivity contribution in [3.8, 4) is 0 Å². The highest BCUT2D eigenvalue weighted by molar-refractivity contribution is 7.91. The molecule has 18 heavy (non-hydrogen) atoms. The van der Waals surface area contributed by atoms with Crippen LogP contribution in [0.1, 0.15) is 24.3 Å². The van der Waals surface area contributed by atoms with Gasteiger partial charge in [-0.3, -0.25) is 0 Å². The van der Waals surface area contributed by atoms with Crippen molar-refractivity contribution in [2.24, 2.45) is 11.7 Å². The smallest absolute Gasteiger partial charge is 0.150 e. The third kappa shape index (κ3) is 3.25. The Morgan fingerprint density at radius 3 is 2.56 bits per heavy atom. The molecule has 1 aliphatic heterocycles. The van der Waals surface area contributed by atoms with Crippen molar-refractivity contribution in [3.05, 3.63) is 34.9 Å². The molecule has 1 unspecified atom stereocenters. The zero-order valence-electron chi connectivity index (χ0n) is 10.2. The minimum atomic E-state index is -2.81. The second-order valence-corrected chi connectivity index (χ2v) is 7.63. The number of rotatable bonds is 3. The number of halogens is 1. The van der Waals surface area contributed by atoms with Gasteiger partial charge in [-0.15, -0.1) is 0 Å². The molecule has 3 nitrogen and oxygen atoms in total. The average Bonchev–Trinajstić information content (AvgIpc) is 2.32. The minimum absolute atomic E-state index is 0.208. The fourth-order valence-corrected chi connectivity index (χ4v) is 4.38. The van der Waals surface area contributed by atoms with Crippen molar-refractivity contribution >= 4 is 21.4 Å². The normalized spacial score (nSPS) is 21.7. The molecular formula is C13H18ClNO2S. The maximum absolute atomic E-state index is 11.4. The summed E-state index contributed by atoms with van der Waals surface area (Å²) in [6, 6.07) is 7.71. The molecule has 0 spiro atoms. The number of hydrogen-bond acceptors (Lipinski definition) is 3. The molecule has 1 saturated heterocycles. The van der Waals surface area contributed by atoms with Gasteiger partial charge in [0.1, 0.15) is 9.84 Å². The fraction of sp³-hybridized carbons (Fsp3) is 0.538. The van der Waals surface area contributed by atoms with Crippen molar-refractivity contribution in [2.45, 2.75) is 18.8 Å². The van der Waals surface area contributed by atoms with Gasteiger partial charge in [0, 0.05) is 5.02 Å². The number of benzene rings is 1. The summed E-state index contributed by atoms with van der Waals surface area (Å²) < 4.78 is 22.9. The number of sulfone groups is 1. The Labute approximate surface area is 113 Å². The van der Waals surface area contributed by atoms with Crippen LogP contribution in [-0.2, 0) is 9.84 Å². The Morgan fingerprint density at radius 2 is 2.00 bits per heavy atom. The SMILES string of the molecule is NCC(c1cccc(Cl)c1)C1CCS(=O)(=O)CC1. The first kappa shape index (κ1) is 13.8. The largest absolute Gasteiger partial charge is 0.330 e. The lowest BCUT2D eigenvalue weighted by Crippen LogP contribution is -2.30. The molecule has 100 valence electrons. The van der Waals surface area contributed by atoms with E-state index in [1.807, 2.05) is 24.3 Å².